The summed E-state index contributed by atoms with van der Waals surface area (Å²) in [6.45, 7) is 8.87. The molecule has 2 aromatic carbocycles. The molecule has 1 aliphatic rings. The normalized spacial score (nSPS) is 12.5. The Morgan fingerprint density at radius 3 is 1.81 bits per heavy atom. The van der Waals surface area contributed by atoms with Crippen LogP contribution in [0.1, 0.15) is 51.7 Å². The standard InChI is InChI=1S/C10H15NO2.C10H12.2C2H6/c1-11-7-9(12)8-13-10-5-3-2-4-6-10;1-2-6-10-8-4-3-7-9(10)5-1;2*1-2/h2-6,9,11-12H,7-8H2,1H3;1-2,5-6H,3-4,7-8H2;2*1-2H3. The molecule has 1 unspecified atom stereocenters. The summed E-state index contributed by atoms with van der Waals surface area (Å²) in [5.41, 5.74) is 3.16. The van der Waals surface area contributed by atoms with E-state index >= 15 is 0 Å². The number of aryl methyl sites for hydroxylation is 2. The number of likely N-dealkylation sites (N-methyl/N-ethyl adjacent to an activating group) is 1. The third-order valence-electron chi connectivity index (χ3n) is 3.89. The number of ether oxygens (including phenoxy) is 1. The predicted molar refractivity (Wildman–Crippen MR) is 118 cm³/mol. The van der Waals surface area contributed by atoms with Gasteiger partial charge in [0.1, 0.15) is 18.5 Å². The third-order valence-corrected chi connectivity index (χ3v) is 3.89. The van der Waals surface area contributed by atoms with E-state index in [0.717, 1.165) is 5.75 Å². The molecule has 0 spiro atoms. The van der Waals surface area contributed by atoms with E-state index in [2.05, 4.69) is 29.6 Å². The van der Waals surface area contributed by atoms with Crippen LogP contribution in [0.25, 0.3) is 0 Å². The molecule has 3 heteroatoms. The molecule has 1 atom stereocenters. The predicted octanol–water partition coefficient (Wildman–Crippen LogP) is 5.26. The molecule has 0 aromatic heterocycles. The summed E-state index contributed by atoms with van der Waals surface area (Å²) in [6, 6.07) is 18.3. The van der Waals surface area contributed by atoms with Gasteiger partial charge in [-0.3, -0.25) is 0 Å². The Bertz CT molecular complexity index is 532. The molecule has 0 saturated carbocycles. The number of nitrogens with one attached hydrogen (secondary N) is 1. The van der Waals surface area contributed by atoms with Crippen LogP contribution in [0, 0.1) is 0 Å². The van der Waals surface area contributed by atoms with Crippen LogP contribution in [0.15, 0.2) is 54.6 Å². The summed E-state index contributed by atoms with van der Waals surface area (Å²) in [7, 11) is 1.80. The number of para-hydroxylation sites is 1. The van der Waals surface area contributed by atoms with Gasteiger partial charge < -0.3 is 15.2 Å². The summed E-state index contributed by atoms with van der Waals surface area (Å²) in [5.74, 6) is 0.789. The highest BCUT2D eigenvalue weighted by Crippen LogP contribution is 2.19. The van der Waals surface area contributed by atoms with Crippen LogP contribution < -0.4 is 10.1 Å². The Hall–Kier alpha value is -1.84. The second kappa shape index (κ2) is 17.6. The van der Waals surface area contributed by atoms with Crippen LogP contribution in [0.4, 0.5) is 0 Å². The van der Waals surface area contributed by atoms with Crippen LogP contribution in [0.3, 0.4) is 0 Å². The minimum absolute atomic E-state index is 0.324. The molecule has 27 heavy (non-hydrogen) atoms. The van der Waals surface area contributed by atoms with Crippen LogP contribution >= 0.6 is 0 Å². The molecule has 0 amide bonds. The molecule has 0 radical (unpaired) electrons. The molecule has 0 heterocycles. The maximum absolute atomic E-state index is 9.32. The third kappa shape index (κ3) is 11.5. The van der Waals surface area contributed by atoms with E-state index in [9.17, 15) is 5.11 Å². The fraction of sp³-hybridized carbons (Fsp3) is 0.500. The molecule has 0 saturated heterocycles. The highest BCUT2D eigenvalue weighted by Gasteiger charge is 2.06. The van der Waals surface area contributed by atoms with Crippen LogP contribution in [-0.4, -0.2) is 31.4 Å². The smallest absolute Gasteiger partial charge is 0.119 e. The van der Waals surface area contributed by atoms with Crippen molar-refractivity contribution in [1.82, 2.24) is 5.32 Å². The average molecular weight is 374 g/mol. The quantitative estimate of drug-likeness (QED) is 0.751. The summed E-state index contributed by atoms with van der Waals surface area (Å²) < 4.78 is 5.33. The van der Waals surface area contributed by atoms with Crippen molar-refractivity contribution in [2.24, 2.45) is 0 Å². The summed E-state index contributed by atoms with van der Waals surface area (Å²) in [6.07, 6.45) is 4.92. The van der Waals surface area contributed by atoms with Gasteiger partial charge in [0, 0.05) is 6.54 Å². The van der Waals surface area contributed by atoms with Crippen LogP contribution in [-0.2, 0) is 12.8 Å². The first-order valence-corrected chi connectivity index (χ1v) is 10.4. The maximum Gasteiger partial charge on any atom is 0.119 e. The van der Waals surface area contributed by atoms with Crippen molar-refractivity contribution < 1.29 is 9.84 Å². The monoisotopic (exact) mass is 373 g/mol. The largest absolute Gasteiger partial charge is 0.491 e. The van der Waals surface area contributed by atoms with E-state index in [0.29, 0.717) is 13.2 Å². The van der Waals surface area contributed by atoms with Crippen LogP contribution in [0.2, 0.25) is 0 Å². The van der Waals surface area contributed by atoms with Gasteiger partial charge in [0.25, 0.3) is 0 Å². The van der Waals surface area contributed by atoms with Crippen molar-refractivity contribution in [2.75, 3.05) is 20.2 Å². The van der Waals surface area contributed by atoms with Crippen molar-refractivity contribution in [3.63, 3.8) is 0 Å². The first-order chi connectivity index (χ1) is 13.3. The number of aliphatic hydroxyl groups is 1. The molecular formula is C24H39NO2. The summed E-state index contributed by atoms with van der Waals surface area (Å²) >= 11 is 0. The van der Waals surface area contributed by atoms with Gasteiger partial charge in [0.15, 0.2) is 0 Å². The molecule has 0 fully saturated rings. The Kier molecular flexibility index (Phi) is 16.4. The van der Waals surface area contributed by atoms with Gasteiger partial charge in [-0.1, -0.05) is 70.2 Å². The topological polar surface area (TPSA) is 41.5 Å². The van der Waals surface area contributed by atoms with E-state index in [1.54, 1.807) is 18.2 Å². The number of fused-ring (bicyclic) bond motifs is 1. The summed E-state index contributed by atoms with van der Waals surface area (Å²) in [5, 5.41) is 12.2. The number of rotatable bonds is 5. The van der Waals surface area contributed by atoms with Gasteiger partial charge in [-0.25, -0.2) is 0 Å². The Labute approximate surface area is 166 Å². The Balaban J connectivity index is 0.000000430. The van der Waals surface area contributed by atoms with Gasteiger partial charge in [-0.05, 0) is 56.0 Å². The zero-order valence-electron chi connectivity index (χ0n) is 17.9. The maximum atomic E-state index is 9.32. The lowest BCUT2D eigenvalue weighted by Gasteiger charge is -2.13. The Morgan fingerprint density at radius 2 is 1.33 bits per heavy atom. The summed E-state index contributed by atoms with van der Waals surface area (Å²) in [4.78, 5) is 0. The first kappa shape index (κ1) is 25.2. The molecule has 3 nitrogen and oxygen atoms in total. The molecule has 1 aliphatic carbocycles. The first-order valence-electron chi connectivity index (χ1n) is 10.4. The molecule has 2 N–H and O–H groups in total. The fourth-order valence-corrected chi connectivity index (χ4v) is 2.68. The van der Waals surface area contributed by atoms with Gasteiger partial charge in [-0.15, -0.1) is 0 Å². The van der Waals surface area contributed by atoms with Crippen molar-refractivity contribution >= 4 is 0 Å². The van der Waals surface area contributed by atoms with E-state index in [1.807, 2.05) is 58.0 Å². The molecule has 152 valence electrons. The molecule has 0 aliphatic heterocycles. The van der Waals surface area contributed by atoms with Crippen LogP contribution in [0.5, 0.6) is 5.75 Å². The number of benzene rings is 2. The lowest BCUT2D eigenvalue weighted by atomic mass is 9.92. The zero-order valence-corrected chi connectivity index (χ0v) is 17.9. The van der Waals surface area contributed by atoms with Gasteiger partial charge in [-0.2, -0.15) is 0 Å². The SMILES string of the molecule is CC.CC.CNCC(O)COc1ccccc1.c1ccc2c(c1)CCCC2. The van der Waals surface area contributed by atoms with Crippen molar-refractivity contribution in [2.45, 2.75) is 59.5 Å². The molecular weight excluding hydrogens is 334 g/mol. The number of aliphatic hydroxyl groups excluding tert-OH is 1. The van der Waals surface area contributed by atoms with Crippen molar-refractivity contribution in [3.05, 3.63) is 65.7 Å². The second-order valence-electron chi connectivity index (χ2n) is 5.81. The van der Waals surface area contributed by atoms with Gasteiger partial charge in [0.05, 0.1) is 0 Å². The van der Waals surface area contributed by atoms with E-state index in [4.69, 9.17) is 4.74 Å². The second-order valence-corrected chi connectivity index (χ2v) is 5.81. The highest BCUT2D eigenvalue weighted by atomic mass is 16.5. The lowest BCUT2D eigenvalue weighted by Crippen LogP contribution is -2.29. The molecule has 2 aromatic rings. The minimum atomic E-state index is -0.454. The lowest BCUT2D eigenvalue weighted by molar-refractivity contribution is 0.108. The highest BCUT2D eigenvalue weighted by molar-refractivity contribution is 5.28. The fourth-order valence-electron chi connectivity index (χ4n) is 2.68. The van der Waals surface area contributed by atoms with E-state index < -0.39 is 6.10 Å². The Morgan fingerprint density at radius 1 is 0.852 bits per heavy atom. The van der Waals surface area contributed by atoms with Crippen molar-refractivity contribution in [1.29, 1.82) is 0 Å². The van der Waals surface area contributed by atoms with Crippen molar-refractivity contribution in [3.8, 4) is 5.75 Å². The molecule has 3 rings (SSSR count). The number of hydrogen-bond donors (Lipinski definition) is 2. The van der Waals surface area contributed by atoms with Gasteiger partial charge in [0.2, 0.25) is 0 Å². The molecule has 0 bridgehead atoms. The van der Waals surface area contributed by atoms with E-state index in [1.165, 1.54) is 25.7 Å². The van der Waals surface area contributed by atoms with E-state index in [-0.39, 0.29) is 0 Å². The zero-order chi connectivity index (χ0) is 20.3. The average Bonchev–Trinajstić information content (AvgIpc) is 2.77. The number of hydrogen-bond acceptors (Lipinski definition) is 3. The van der Waals surface area contributed by atoms with Gasteiger partial charge >= 0.3 is 0 Å². The minimum Gasteiger partial charge on any atom is -0.491 e.